The van der Waals surface area contributed by atoms with Crippen LogP contribution in [0, 0.1) is 5.82 Å². The molecule has 0 saturated heterocycles. The fourth-order valence-electron chi connectivity index (χ4n) is 2.29. The van der Waals surface area contributed by atoms with E-state index in [0.717, 1.165) is 10.9 Å². The standard InChI is InChI=1S/C18H17FN2O3/c19-14-2-4-16(5-3-14)24-11-15(22)10-21-18(23)13-1-6-17-12(9-13)7-8-20-17/h1-9,15,20,22H,10-11H2,(H,21,23). The molecule has 6 heteroatoms. The number of hydrogen-bond acceptors (Lipinski definition) is 3. The van der Waals surface area contributed by atoms with Gasteiger partial charge in [0.25, 0.3) is 5.91 Å². The van der Waals surface area contributed by atoms with Crippen molar-refractivity contribution in [3.8, 4) is 5.75 Å². The van der Waals surface area contributed by atoms with Gasteiger partial charge in [-0.25, -0.2) is 4.39 Å². The van der Waals surface area contributed by atoms with Gasteiger partial charge in [0.15, 0.2) is 0 Å². The summed E-state index contributed by atoms with van der Waals surface area (Å²) in [7, 11) is 0. The molecule has 5 nitrogen and oxygen atoms in total. The summed E-state index contributed by atoms with van der Waals surface area (Å²) in [6.07, 6.45) is 0.943. The number of amides is 1. The second-order valence-electron chi connectivity index (χ2n) is 5.41. The van der Waals surface area contributed by atoms with Crippen molar-refractivity contribution in [3.05, 3.63) is 66.1 Å². The summed E-state index contributed by atoms with van der Waals surface area (Å²) >= 11 is 0. The molecule has 3 N–H and O–H groups in total. The number of aliphatic hydroxyl groups excluding tert-OH is 1. The molecule has 1 atom stereocenters. The minimum atomic E-state index is -0.866. The van der Waals surface area contributed by atoms with Crippen molar-refractivity contribution in [1.82, 2.24) is 10.3 Å². The lowest BCUT2D eigenvalue weighted by atomic mass is 10.1. The molecule has 1 heterocycles. The first-order valence-electron chi connectivity index (χ1n) is 7.53. The van der Waals surface area contributed by atoms with Crippen molar-refractivity contribution < 1.29 is 19.0 Å². The molecular weight excluding hydrogens is 311 g/mol. The van der Waals surface area contributed by atoms with Crippen LogP contribution >= 0.6 is 0 Å². The molecule has 1 unspecified atom stereocenters. The first-order valence-corrected chi connectivity index (χ1v) is 7.53. The zero-order valence-corrected chi connectivity index (χ0v) is 12.8. The maximum absolute atomic E-state index is 12.8. The van der Waals surface area contributed by atoms with Gasteiger partial charge in [-0.05, 0) is 48.5 Å². The van der Waals surface area contributed by atoms with Gasteiger partial charge in [-0.1, -0.05) is 0 Å². The summed E-state index contributed by atoms with van der Waals surface area (Å²) in [5.74, 6) is -0.159. The number of carbonyl (C=O) groups is 1. The molecule has 3 rings (SSSR count). The Bertz CT molecular complexity index is 830. The van der Waals surface area contributed by atoms with Crippen molar-refractivity contribution in [2.45, 2.75) is 6.10 Å². The lowest BCUT2D eigenvalue weighted by Gasteiger charge is -2.13. The van der Waals surface area contributed by atoms with Gasteiger partial charge in [0.2, 0.25) is 0 Å². The second-order valence-corrected chi connectivity index (χ2v) is 5.41. The van der Waals surface area contributed by atoms with Crippen molar-refractivity contribution in [1.29, 1.82) is 0 Å². The van der Waals surface area contributed by atoms with E-state index in [1.165, 1.54) is 24.3 Å². The van der Waals surface area contributed by atoms with Crippen LogP contribution < -0.4 is 10.1 Å². The first-order chi connectivity index (χ1) is 11.6. The Morgan fingerprint density at radius 3 is 2.79 bits per heavy atom. The zero-order chi connectivity index (χ0) is 16.9. The number of carbonyl (C=O) groups excluding carboxylic acids is 1. The maximum Gasteiger partial charge on any atom is 0.251 e. The van der Waals surface area contributed by atoms with Crippen LogP contribution in [0.2, 0.25) is 0 Å². The fourth-order valence-corrected chi connectivity index (χ4v) is 2.29. The second kappa shape index (κ2) is 7.14. The van der Waals surface area contributed by atoms with Crippen molar-refractivity contribution in [2.24, 2.45) is 0 Å². The number of halogens is 1. The van der Waals surface area contributed by atoms with Crippen LogP contribution in [0.15, 0.2) is 54.7 Å². The summed E-state index contributed by atoms with van der Waals surface area (Å²) in [5, 5.41) is 13.5. The topological polar surface area (TPSA) is 74.3 Å². The van der Waals surface area contributed by atoms with Gasteiger partial charge in [0.05, 0.1) is 0 Å². The summed E-state index contributed by atoms with van der Waals surface area (Å²) < 4.78 is 18.1. The SMILES string of the molecule is O=C(NCC(O)COc1ccc(F)cc1)c1ccc2[nH]ccc2c1. The van der Waals surface area contributed by atoms with Gasteiger partial charge in [-0.15, -0.1) is 0 Å². The molecule has 0 aliphatic carbocycles. The molecule has 0 radical (unpaired) electrons. The molecule has 0 aliphatic heterocycles. The van der Waals surface area contributed by atoms with E-state index in [9.17, 15) is 14.3 Å². The summed E-state index contributed by atoms with van der Waals surface area (Å²) in [6, 6.07) is 12.7. The number of aromatic amines is 1. The summed E-state index contributed by atoms with van der Waals surface area (Å²) in [6.45, 7) is 0.0635. The highest BCUT2D eigenvalue weighted by atomic mass is 19.1. The predicted molar refractivity (Wildman–Crippen MR) is 88.5 cm³/mol. The van der Waals surface area contributed by atoms with Gasteiger partial charge in [0.1, 0.15) is 24.3 Å². The van der Waals surface area contributed by atoms with E-state index in [1.807, 2.05) is 18.3 Å². The number of fused-ring (bicyclic) bond motifs is 1. The summed E-state index contributed by atoms with van der Waals surface area (Å²) in [5.41, 5.74) is 1.48. The van der Waals surface area contributed by atoms with E-state index < -0.39 is 6.10 Å². The molecule has 3 aromatic rings. The van der Waals surface area contributed by atoms with Gasteiger partial charge >= 0.3 is 0 Å². The van der Waals surface area contributed by atoms with Crippen molar-refractivity contribution >= 4 is 16.8 Å². The number of rotatable bonds is 6. The van der Waals surface area contributed by atoms with Crippen LogP contribution in [0.4, 0.5) is 4.39 Å². The van der Waals surface area contributed by atoms with Crippen LogP contribution in [0.3, 0.4) is 0 Å². The molecular formula is C18H17FN2O3. The van der Waals surface area contributed by atoms with Gasteiger partial charge < -0.3 is 20.1 Å². The Labute approximate surface area is 138 Å². The number of benzene rings is 2. The lowest BCUT2D eigenvalue weighted by Crippen LogP contribution is -2.35. The van der Waals surface area contributed by atoms with Crippen LogP contribution in [0.1, 0.15) is 10.4 Å². The lowest BCUT2D eigenvalue weighted by molar-refractivity contribution is 0.0843. The minimum absolute atomic E-state index is 0.00274. The number of nitrogens with one attached hydrogen (secondary N) is 2. The van der Waals surface area contributed by atoms with Gasteiger partial charge in [-0.2, -0.15) is 0 Å². The van der Waals surface area contributed by atoms with E-state index in [2.05, 4.69) is 10.3 Å². The Hall–Kier alpha value is -2.86. The largest absolute Gasteiger partial charge is 0.491 e. The van der Waals surface area contributed by atoms with E-state index >= 15 is 0 Å². The number of hydrogen-bond donors (Lipinski definition) is 3. The van der Waals surface area contributed by atoms with E-state index in [4.69, 9.17) is 4.74 Å². The number of aliphatic hydroxyl groups is 1. The minimum Gasteiger partial charge on any atom is -0.491 e. The van der Waals surface area contributed by atoms with Gasteiger partial charge in [-0.3, -0.25) is 4.79 Å². The monoisotopic (exact) mass is 328 g/mol. The van der Waals surface area contributed by atoms with E-state index in [-0.39, 0.29) is 24.9 Å². The van der Waals surface area contributed by atoms with E-state index in [0.29, 0.717) is 11.3 Å². The summed E-state index contributed by atoms with van der Waals surface area (Å²) in [4.78, 5) is 15.2. The molecule has 124 valence electrons. The molecule has 2 aromatic carbocycles. The first kappa shape index (κ1) is 16.0. The van der Waals surface area contributed by atoms with Crippen LogP contribution in [-0.4, -0.2) is 35.3 Å². The van der Waals surface area contributed by atoms with Crippen molar-refractivity contribution in [2.75, 3.05) is 13.2 Å². The molecule has 0 saturated carbocycles. The molecule has 1 aromatic heterocycles. The third-order valence-electron chi connectivity index (χ3n) is 3.57. The normalized spacial score (nSPS) is 12.1. The van der Waals surface area contributed by atoms with Crippen LogP contribution in [0.5, 0.6) is 5.75 Å². The third-order valence-corrected chi connectivity index (χ3v) is 3.57. The maximum atomic E-state index is 12.8. The van der Waals surface area contributed by atoms with Crippen LogP contribution in [0.25, 0.3) is 10.9 Å². The Morgan fingerprint density at radius 2 is 2.00 bits per heavy atom. The molecule has 0 spiro atoms. The Balaban J connectivity index is 1.48. The molecule has 0 fully saturated rings. The number of ether oxygens (including phenoxy) is 1. The highest BCUT2D eigenvalue weighted by molar-refractivity contribution is 5.98. The predicted octanol–water partition coefficient (Wildman–Crippen LogP) is 2.48. The Morgan fingerprint density at radius 1 is 1.21 bits per heavy atom. The van der Waals surface area contributed by atoms with Crippen LogP contribution in [-0.2, 0) is 0 Å². The highest BCUT2D eigenvalue weighted by Gasteiger charge is 2.10. The molecule has 24 heavy (non-hydrogen) atoms. The molecule has 0 bridgehead atoms. The van der Waals surface area contributed by atoms with Crippen molar-refractivity contribution in [3.63, 3.8) is 0 Å². The average molecular weight is 328 g/mol. The average Bonchev–Trinajstić information content (AvgIpc) is 3.06. The highest BCUT2D eigenvalue weighted by Crippen LogP contribution is 2.14. The Kier molecular flexibility index (Phi) is 4.77. The molecule has 0 aliphatic rings. The molecule has 1 amide bonds. The third kappa shape index (κ3) is 3.91. The fraction of sp³-hybridized carbons (Fsp3) is 0.167. The quantitative estimate of drug-likeness (QED) is 0.651. The van der Waals surface area contributed by atoms with Gasteiger partial charge in [0, 0.05) is 29.2 Å². The smallest absolute Gasteiger partial charge is 0.251 e. The zero-order valence-electron chi connectivity index (χ0n) is 12.8. The van der Waals surface area contributed by atoms with E-state index in [1.54, 1.807) is 12.1 Å². The number of aromatic nitrogens is 1. The number of H-pyrrole nitrogens is 1.